The summed E-state index contributed by atoms with van der Waals surface area (Å²) in [7, 11) is 0. The summed E-state index contributed by atoms with van der Waals surface area (Å²) in [5, 5.41) is 0. The molecule has 148 valence electrons. The summed E-state index contributed by atoms with van der Waals surface area (Å²) in [6, 6.07) is 9.54. The molecule has 0 aromatic heterocycles. The Bertz CT molecular complexity index is 872. The van der Waals surface area contributed by atoms with E-state index in [0.717, 1.165) is 22.4 Å². The minimum atomic E-state index is -0.369. The maximum absolute atomic E-state index is 13.0. The van der Waals surface area contributed by atoms with Gasteiger partial charge in [0.05, 0.1) is 0 Å². The van der Waals surface area contributed by atoms with Crippen LogP contribution in [0.5, 0.6) is 5.75 Å². The van der Waals surface area contributed by atoms with Gasteiger partial charge in [0.2, 0.25) is 0 Å². The fourth-order valence-electron chi connectivity index (χ4n) is 3.31. The molecule has 6 heteroatoms. The molecular formula is C22H25FN2O3. The van der Waals surface area contributed by atoms with Gasteiger partial charge in [-0.05, 0) is 61.7 Å². The molecule has 5 nitrogen and oxygen atoms in total. The summed E-state index contributed by atoms with van der Waals surface area (Å²) < 4.78 is 18.8. The van der Waals surface area contributed by atoms with E-state index < -0.39 is 0 Å². The average molecular weight is 384 g/mol. The van der Waals surface area contributed by atoms with Crippen LogP contribution in [0.4, 0.5) is 4.39 Å². The molecule has 0 radical (unpaired) electrons. The van der Waals surface area contributed by atoms with Crippen LogP contribution in [0.15, 0.2) is 36.4 Å². The molecule has 1 heterocycles. The fraction of sp³-hybridized carbons (Fsp3) is 0.364. The van der Waals surface area contributed by atoms with Crippen LogP contribution in [0.3, 0.4) is 0 Å². The van der Waals surface area contributed by atoms with Gasteiger partial charge in [0.15, 0.2) is 6.61 Å². The van der Waals surface area contributed by atoms with Crippen LogP contribution in [0.2, 0.25) is 0 Å². The van der Waals surface area contributed by atoms with Crippen molar-refractivity contribution in [1.29, 1.82) is 0 Å². The molecular weight excluding hydrogens is 359 g/mol. The summed E-state index contributed by atoms with van der Waals surface area (Å²) in [4.78, 5) is 28.4. The Morgan fingerprint density at radius 3 is 2.11 bits per heavy atom. The predicted molar refractivity (Wildman–Crippen MR) is 105 cm³/mol. The number of carbonyl (C=O) groups excluding carboxylic acids is 2. The van der Waals surface area contributed by atoms with E-state index in [1.54, 1.807) is 9.80 Å². The normalized spacial score (nSPS) is 14.1. The van der Waals surface area contributed by atoms with Gasteiger partial charge in [-0.1, -0.05) is 12.1 Å². The highest BCUT2D eigenvalue weighted by atomic mass is 19.1. The molecule has 2 aromatic rings. The number of nitrogens with zero attached hydrogens (tertiary/aromatic N) is 2. The van der Waals surface area contributed by atoms with Crippen molar-refractivity contribution in [2.24, 2.45) is 0 Å². The van der Waals surface area contributed by atoms with Gasteiger partial charge in [0.25, 0.3) is 11.8 Å². The Balaban J connectivity index is 1.53. The van der Waals surface area contributed by atoms with Gasteiger partial charge in [0.1, 0.15) is 11.6 Å². The number of piperazine rings is 1. The molecule has 28 heavy (non-hydrogen) atoms. The zero-order valence-electron chi connectivity index (χ0n) is 16.5. The zero-order chi connectivity index (χ0) is 20.3. The van der Waals surface area contributed by atoms with Crippen molar-refractivity contribution in [3.63, 3.8) is 0 Å². The monoisotopic (exact) mass is 384 g/mol. The van der Waals surface area contributed by atoms with Crippen molar-refractivity contribution >= 4 is 11.8 Å². The molecule has 0 saturated carbocycles. The van der Waals surface area contributed by atoms with Gasteiger partial charge in [-0.15, -0.1) is 0 Å². The topological polar surface area (TPSA) is 49.9 Å². The smallest absolute Gasteiger partial charge is 0.260 e. The molecule has 0 bridgehead atoms. The quantitative estimate of drug-likeness (QED) is 0.814. The summed E-state index contributed by atoms with van der Waals surface area (Å²) >= 11 is 0. The van der Waals surface area contributed by atoms with Crippen LogP contribution in [-0.2, 0) is 4.79 Å². The predicted octanol–water partition coefficient (Wildman–Crippen LogP) is 3.11. The maximum atomic E-state index is 13.0. The van der Waals surface area contributed by atoms with Crippen LogP contribution in [0.1, 0.15) is 27.0 Å². The lowest BCUT2D eigenvalue weighted by Crippen LogP contribution is -2.51. The van der Waals surface area contributed by atoms with Gasteiger partial charge in [0, 0.05) is 31.7 Å². The molecule has 2 amide bonds. The van der Waals surface area contributed by atoms with Crippen LogP contribution < -0.4 is 4.74 Å². The Morgan fingerprint density at radius 2 is 1.46 bits per heavy atom. The average Bonchev–Trinajstić information content (AvgIpc) is 2.71. The number of hydrogen-bond acceptors (Lipinski definition) is 3. The molecule has 2 aromatic carbocycles. The van der Waals surface area contributed by atoms with Crippen molar-refractivity contribution in [1.82, 2.24) is 9.80 Å². The van der Waals surface area contributed by atoms with Gasteiger partial charge in [-0.3, -0.25) is 9.59 Å². The van der Waals surface area contributed by atoms with E-state index in [-0.39, 0.29) is 24.2 Å². The molecule has 0 atom stereocenters. The second kappa shape index (κ2) is 8.42. The first kappa shape index (κ1) is 19.9. The Labute approximate surface area is 164 Å². The lowest BCUT2D eigenvalue weighted by molar-refractivity contribution is -0.134. The molecule has 0 spiro atoms. The highest BCUT2D eigenvalue weighted by Gasteiger charge is 2.25. The third kappa shape index (κ3) is 4.32. The number of amides is 2. The number of aryl methyl sites for hydroxylation is 2. The molecule has 1 saturated heterocycles. The van der Waals surface area contributed by atoms with Gasteiger partial charge < -0.3 is 14.5 Å². The van der Waals surface area contributed by atoms with Crippen molar-refractivity contribution < 1.29 is 18.7 Å². The fourth-order valence-corrected chi connectivity index (χ4v) is 3.31. The van der Waals surface area contributed by atoms with Crippen LogP contribution in [0.25, 0.3) is 0 Å². The number of ether oxygens (including phenoxy) is 1. The van der Waals surface area contributed by atoms with E-state index in [4.69, 9.17) is 4.74 Å². The highest BCUT2D eigenvalue weighted by Crippen LogP contribution is 2.25. The molecule has 3 rings (SSSR count). The van der Waals surface area contributed by atoms with E-state index in [2.05, 4.69) is 0 Å². The van der Waals surface area contributed by atoms with Crippen molar-refractivity contribution in [2.75, 3.05) is 32.8 Å². The summed E-state index contributed by atoms with van der Waals surface area (Å²) in [5.41, 5.74) is 3.63. The largest absolute Gasteiger partial charge is 0.483 e. The summed E-state index contributed by atoms with van der Waals surface area (Å²) in [6.07, 6.45) is 0. The minimum absolute atomic E-state index is 0.0168. The standard InChI is InChI=1S/C22H25FN2O3/c1-15-4-5-16(2)21(17(15)3)28-14-20(26)24-10-12-25(13-11-24)22(27)18-6-8-19(23)9-7-18/h4-9H,10-14H2,1-3H3. The van der Waals surface area contributed by atoms with Gasteiger partial charge >= 0.3 is 0 Å². The summed E-state index contributed by atoms with van der Waals surface area (Å²) in [5.74, 6) is 0.160. The van der Waals surface area contributed by atoms with Crippen molar-refractivity contribution in [3.8, 4) is 5.75 Å². The molecule has 1 aliphatic rings. The molecule has 0 N–H and O–H groups in total. The highest BCUT2D eigenvalue weighted by molar-refractivity contribution is 5.94. The molecule has 1 aliphatic heterocycles. The zero-order valence-corrected chi connectivity index (χ0v) is 16.5. The second-order valence-electron chi connectivity index (χ2n) is 7.12. The molecule has 0 unspecified atom stereocenters. The maximum Gasteiger partial charge on any atom is 0.260 e. The molecule has 0 aliphatic carbocycles. The van der Waals surface area contributed by atoms with Crippen LogP contribution in [-0.4, -0.2) is 54.4 Å². The third-order valence-corrected chi connectivity index (χ3v) is 5.22. The van der Waals surface area contributed by atoms with Gasteiger partial charge in [-0.2, -0.15) is 0 Å². The van der Waals surface area contributed by atoms with Crippen LogP contribution in [0, 0.1) is 26.6 Å². The first-order valence-corrected chi connectivity index (χ1v) is 9.39. The number of carbonyl (C=O) groups is 2. The van der Waals surface area contributed by atoms with Crippen LogP contribution >= 0.6 is 0 Å². The van der Waals surface area contributed by atoms with E-state index in [1.807, 2.05) is 32.9 Å². The van der Waals surface area contributed by atoms with Gasteiger partial charge in [-0.25, -0.2) is 4.39 Å². The van der Waals surface area contributed by atoms with Crippen molar-refractivity contribution in [2.45, 2.75) is 20.8 Å². The number of halogens is 1. The van der Waals surface area contributed by atoms with E-state index >= 15 is 0 Å². The Hall–Kier alpha value is -2.89. The first-order chi connectivity index (χ1) is 13.4. The SMILES string of the molecule is Cc1ccc(C)c(OCC(=O)N2CCN(C(=O)c3ccc(F)cc3)CC2)c1C. The number of hydrogen-bond donors (Lipinski definition) is 0. The number of benzene rings is 2. The van der Waals surface area contributed by atoms with E-state index in [1.165, 1.54) is 24.3 Å². The summed E-state index contributed by atoms with van der Waals surface area (Å²) in [6.45, 7) is 7.77. The molecule has 1 fully saturated rings. The third-order valence-electron chi connectivity index (χ3n) is 5.22. The first-order valence-electron chi connectivity index (χ1n) is 9.39. The Kier molecular flexibility index (Phi) is 5.97. The number of rotatable bonds is 4. The second-order valence-corrected chi connectivity index (χ2v) is 7.12. The van der Waals surface area contributed by atoms with E-state index in [9.17, 15) is 14.0 Å². The van der Waals surface area contributed by atoms with Crippen molar-refractivity contribution in [3.05, 3.63) is 64.5 Å². The van der Waals surface area contributed by atoms with E-state index in [0.29, 0.717) is 31.7 Å². The lowest BCUT2D eigenvalue weighted by atomic mass is 10.1. The Morgan fingerprint density at radius 1 is 0.893 bits per heavy atom. The lowest BCUT2D eigenvalue weighted by Gasteiger charge is -2.34. The minimum Gasteiger partial charge on any atom is -0.483 e.